The van der Waals surface area contributed by atoms with Gasteiger partial charge in [0.25, 0.3) is 5.16 Å². The van der Waals surface area contributed by atoms with E-state index in [0.717, 1.165) is 17.6 Å². The molecule has 146 valence electrons. The largest absolute Gasteiger partial charge is 0.497 e. The van der Waals surface area contributed by atoms with Crippen LogP contribution in [0.5, 0.6) is 11.6 Å². The summed E-state index contributed by atoms with van der Waals surface area (Å²) in [5, 5.41) is -0.246. The van der Waals surface area contributed by atoms with E-state index in [1.807, 2.05) is 36.1 Å². The van der Waals surface area contributed by atoms with E-state index >= 15 is 0 Å². The van der Waals surface area contributed by atoms with Crippen LogP contribution in [0, 0.1) is 0 Å². The summed E-state index contributed by atoms with van der Waals surface area (Å²) in [4.78, 5) is 10.3. The third-order valence-corrected chi connectivity index (χ3v) is 4.96. The van der Waals surface area contributed by atoms with Gasteiger partial charge in [-0.2, -0.15) is 4.98 Å². The Morgan fingerprint density at radius 2 is 2.00 bits per heavy atom. The maximum atomic E-state index is 12.0. The Bertz CT molecular complexity index is 886. The molecule has 2 aromatic rings. The van der Waals surface area contributed by atoms with Gasteiger partial charge in [-0.25, -0.2) is 13.4 Å². The molecule has 2 heterocycles. The van der Waals surface area contributed by atoms with Crippen molar-refractivity contribution in [2.45, 2.75) is 24.8 Å². The molecular weight excluding hydrogens is 370 g/mol. The van der Waals surface area contributed by atoms with E-state index in [1.54, 1.807) is 13.2 Å². The molecule has 0 aliphatic carbocycles. The number of methoxy groups -OCH3 is 1. The molecule has 1 aromatic heterocycles. The third kappa shape index (κ3) is 5.08. The van der Waals surface area contributed by atoms with E-state index < -0.39 is 9.84 Å². The number of morpholine rings is 1. The van der Waals surface area contributed by atoms with E-state index in [2.05, 4.69) is 9.97 Å². The molecule has 8 nitrogen and oxygen atoms in total. The monoisotopic (exact) mass is 393 g/mol. The van der Waals surface area contributed by atoms with Crippen LogP contribution in [0.1, 0.15) is 12.5 Å². The van der Waals surface area contributed by atoms with Gasteiger partial charge in [0.1, 0.15) is 18.2 Å². The summed E-state index contributed by atoms with van der Waals surface area (Å²) in [6.45, 7) is 4.02. The molecule has 1 atom stereocenters. The predicted molar refractivity (Wildman–Crippen MR) is 100 cm³/mol. The summed E-state index contributed by atoms with van der Waals surface area (Å²) in [6.07, 6.45) is 1.13. The molecule has 3 rings (SSSR count). The third-order valence-electron chi connectivity index (χ3n) is 4.11. The number of sulfone groups is 1. The lowest BCUT2D eigenvalue weighted by atomic mass is 10.2. The Hall–Kier alpha value is -2.39. The van der Waals surface area contributed by atoms with Crippen molar-refractivity contribution in [3.05, 3.63) is 35.9 Å². The van der Waals surface area contributed by atoms with Crippen molar-refractivity contribution in [2.75, 3.05) is 38.0 Å². The van der Waals surface area contributed by atoms with E-state index in [-0.39, 0.29) is 23.7 Å². The van der Waals surface area contributed by atoms with Crippen LogP contribution in [0.15, 0.2) is 35.5 Å². The topological polar surface area (TPSA) is 90.9 Å². The molecule has 0 bridgehead atoms. The predicted octanol–water partition coefficient (Wildman–Crippen LogP) is 1.69. The molecule has 0 unspecified atom stereocenters. The fourth-order valence-electron chi connectivity index (χ4n) is 2.70. The molecule has 0 N–H and O–H groups in total. The average Bonchev–Trinajstić information content (AvgIpc) is 2.66. The summed E-state index contributed by atoms with van der Waals surface area (Å²) >= 11 is 0. The van der Waals surface area contributed by atoms with Crippen LogP contribution in [-0.4, -0.2) is 57.6 Å². The fraction of sp³-hybridized carbons (Fsp3) is 0.444. The first-order valence-corrected chi connectivity index (χ1v) is 10.5. The lowest BCUT2D eigenvalue weighted by Crippen LogP contribution is -2.41. The van der Waals surface area contributed by atoms with Crippen molar-refractivity contribution in [2.24, 2.45) is 0 Å². The van der Waals surface area contributed by atoms with E-state index in [9.17, 15) is 8.42 Å². The van der Waals surface area contributed by atoms with E-state index in [4.69, 9.17) is 14.2 Å². The summed E-state index contributed by atoms with van der Waals surface area (Å²) in [7, 11) is -1.96. The minimum absolute atomic E-state index is 0.0408. The zero-order chi connectivity index (χ0) is 19.4. The van der Waals surface area contributed by atoms with Gasteiger partial charge in [0.05, 0.1) is 19.8 Å². The Kier molecular flexibility index (Phi) is 5.81. The van der Waals surface area contributed by atoms with Gasteiger partial charge in [0, 0.05) is 25.4 Å². The number of rotatable bonds is 6. The standard InChI is InChI=1S/C18H23N3O5S/c1-13-11-21(8-9-25-13)16-10-17(20-18(19-16)27(3,22)23)26-12-14-4-6-15(24-2)7-5-14/h4-7,10,13H,8-9,11-12H2,1-3H3/t13-/m1/s1. The van der Waals surface area contributed by atoms with Crippen molar-refractivity contribution in [3.63, 3.8) is 0 Å². The van der Waals surface area contributed by atoms with Crippen LogP contribution in [0.25, 0.3) is 0 Å². The van der Waals surface area contributed by atoms with E-state index in [0.29, 0.717) is 25.5 Å². The highest BCUT2D eigenvalue weighted by molar-refractivity contribution is 7.90. The second-order valence-electron chi connectivity index (χ2n) is 6.38. The lowest BCUT2D eigenvalue weighted by Gasteiger charge is -2.32. The number of benzene rings is 1. The zero-order valence-electron chi connectivity index (χ0n) is 15.6. The van der Waals surface area contributed by atoms with Crippen molar-refractivity contribution < 1.29 is 22.6 Å². The normalized spacial score (nSPS) is 17.6. The Morgan fingerprint density at radius 3 is 2.63 bits per heavy atom. The average molecular weight is 393 g/mol. The number of aromatic nitrogens is 2. The van der Waals surface area contributed by atoms with Crippen molar-refractivity contribution >= 4 is 15.7 Å². The van der Waals surface area contributed by atoms with Crippen LogP contribution in [0.3, 0.4) is 0 Å². The second-order valence-corrected chi connectivity index (χ2v) is 8.29. The molecule has 0 saturated carbocycles. The van der Waals surface area contributed by atoms with Crippen molar-refractivity contribution in [3.8, 4) is 11.6 Å². The summed E-state index contributed by atoms with van der Waals surface area (Å²) in [6, 6.07) is 9.09. The zero-order valence-corrected chi connectivity index (χ0v) is 16.4. The van der Waals surface area contributed by atoms with Crippen LogP contribution < -0.4 is 14.4 Å². The number of ether oxygens (including phenoxy) is 3. The Balaban J connectivity index is 1.83. The maximum Gasteiger partial charge on any atom is 0.252 e. The number of hydrogen-bond donors (Lipinski definition) is 0. The van der Waals surface area contributed by atoms with Gasteiger partial charge in [-0.15, -0.1) is 0 Å². The van der Waals surface area contributed by atoms with Crippen LogP contribution >= 0.6 is 0 Å². The fourth-order valence-corrected chi connectivity index (χ4v) is 3.21. The quantitative estimate of drug-likeness (QED) is 0.685. The van der Waals surface area contributed by atoms with Crippen molar-refractivity contribution in [1.29, 1.82) is 0 Å². The number of anilines is 1. The minimum atomic E-state index is -3.57. The molecule has 0 radical (unpaired) electrons. The summed E-state index contributed by atoms with van der Waals surface area (Å²) in [5.74, 6) is 1.49. The van der Waals surface area contributed by atoms with Crippen molar-refractivity contribution in [1.82, 2.24) is 9.97 Å². The molecule has 1 aliphatic rings. The van der Waals surface area contributed by atoms with Gasteiger partial charge in [-0.05, 0) is 24.6 Å². The maximum absolute atomic E-state index is 12.0. The molecule has 1 saturated heterocycles. The molecule has 9 heteroatoms. The molecule has 1 aliphatic heterocycles. The van der Waals surface area contributed by atoms with Crippen LogP contribution in [0.4, 0.5) is 5.82 Å². The lowest BCUT2D eigenvalue weighted by molar-refractivity contribution is 0.0528. The smallest absolute Gasteiger partial charge is 0.252 e. The first-order chi connectivity index (χ1) is 12.8. The molecule has 1 aromatic carbocycles. The summed E-state index contributed by atoms with van der Waals surface area (Å²) < 4.78 is 40.4. The Labute approximate surface area is 159 Å². The highest BCUT2D eigenvalue weighted by Crippen LogP contribution is 2.23. The van der Waals surface area contributed by atoms with Gasteiger partial charge in [-0.1, -0.05) is 12.1 Å². The SMILES string of the molecule is COc1ccc(COc2cc(N3CCO[C@H](C)C3)nc(S(C)(=O)=O)n2)cc1. The van der Waals surface area contributed by atoms with Gasteiger partial charge < -0.3 is 19.1 Å². The van der Waals surface area contributed by atoms with E-state index in [1.165, 1.54) is 0 Å². The molecule has 0 amide bonds. The number of nitrogens with zero attached hydrogens (tertiary/aromatic N) is 3. The highest BCUT2D eigenvalue weighted by Gasteiger charge is 2.22. The van der Waals surface area contributed by atoms with Gasteiger partial charge in [0.2, 0.25) is 15.7 Å². The second kappa shape index (κ2) is 8.10. The molecule has 1 fully saturated rings. The van der Waals surface area contributed by atoms with Crippen LogP contribution in [0.2, 0.25) is 0 Å². The highest BCUT2D eigenvalue weighted by atomic mass is 32.2. The Morgan fingerprint density at radius 1 is 1.26 bits per heavy atom. The molecule has 0 spiro atoms. The summed E-state index contributed by atoms with van der Waals surface area (Å²) in [5.41, 5.74) is 0.914. The first-order valence-electron chi connectivity index (χ1n) is 8.56. The van der Waals surface area contributed by atoms with Gasteiger partial charge in [-0.3, -0.25) is 0 Å². The first kappa shape index (κ1) is 19.4. The molecular formula is C18H23N3O5S. The van der Waals surface area contributed by atoms with Gasteiger partial charge >= 0.3 is 0 Å². The number of hydrogen-bond acceptors (Lipinski definition) is 8. The van der Waals surface area contributed by atoms with Crippen LogP contribution in [-0.2, 0) is 21.2 Å². The molecule has 27 heavy (non-hydrogen) atoms. The minimum Gasteiger partial charge on any atom is -0.497 e. The van der Waals surface area contributed by atoms with Gasteiger partial charge in [0.15, 0.2) is 0 Å².